The molecule has 1 N–H and O–H groups in total. The first-order valence-electron chi connectivity index (χ1n) is 6.52. The van der Waals surface area contributed by atoms with Crippen molar-refractivity contribution < 1.29 is 14.3 Å². The molecular formula is C16H15BrClNO3. The topological polar surface area (TPSA) is 47.6 Å². The van der Waals surface area contributed by atoms with Gasteiger partial charge in [-0.15, -0.1) is 0 Å². The zero-order chi connectivity index (χ0) is 16.1. The molecule has 6 heteroatoms. The lowest BCUT2D eigenvalue weighted by Crippen LogP contribution is -2.20. The molecule has 2 rings (SSSR count). The molecule has 0 aliphatic carbocycles. The van der Waals surface area contributed by atoms with Crippen LogP contribution in [0.5, 0.6) is 11.5 Å². The second kappa shape index (κ2) is 7.51. The number of amides is 1. The van der Waals surface area contributed by atoms with Gasteiger partial charge in [0, 0.05) is 4.47 Å². The SMILES string of the molecule is COc1ccccc1NC(=O)COc1c(C)cc(Br)cc1Cl. The molecule has 0 radical (unpaired) electrons. The Bertz CT molecular complexity index is 668. The summed E-state index contributed by atoms with van der Waals surface area (Å²) in [4.78, 5) is 12.0. The quantitative estimate of drug-likeness (QED) is 0.829. The van der Waals surface area contributed by atoms with E-state index in [1.54, 1.807) is 25.3 Å². The van der Waals surface area contributed by atoms with E-state index in [9.17, 15) is 4.79 Å². The highest BCUT2D eigenvalue weighted by atomic mass is 79.9. The Morgan fingerprint density at radius 2 is 2.05 bits per heavy atom. The number of halogens is 2. The molecular weight excluding hydrogens is 370 g/mol. The summed E-state index contributed by atoms with van der Waals surface area (Å²) < 4.78 is 11.6. The van der Waals surface area contributed by atoms with Gasteiger partial charge in [-0.05, 0) is 36.8 Å². The van der Waals surface area contributed by atoms with Crippen molar-refractivity contribution in [2.45, 2.75) is 6.92 Å². The fraction of sp³-hybridized carbons (Fsp3) is 0.188. The number of nitrogens with one attached hydrogen (secondary N) is 1. The van der Waals surface area contributed by atoms with E-state index in [1.807, 2.05) is 25.1 Å². The number of anilines is 1. The Hall–Kier alpha value is -1.72. The van der Waals surface area contributed by atoms with E-state index in [2.05, 4.69) is 21.2 Å². The van der Waals surface area contributed by atoms with E-state index < -0.39 is 0 Å². The van der Waals surface area contributed by atoms with Crippen LogP contribution in [0, 0.1) is 6.92 Å². The van der Waals surface area contributed by atoms with Crippen molar-refractivity contribution >= 4 is 39.1 Å². The molecule has 0 spiro atoms. The highest BCUT2D eigenvalue weighted by Gasteiger charge is 2.11. The van der Waals surface area contributed by atoms with Crippen molar-refractivity contribution in [3.05, 3.63) is 51.5 Å². The minimum atomic E-state index is -0.289. The van der Waals surface area contributed by atoms with E-state index in [-0.39, 0.29) is 12.5 Å². The van der Waals surface area contributed by atoms with Gasteiger partial charge < -0.3 is 14.8 Å². The minimum absolute atomic E-state index is 0.139. The third-order valence-electron chi connectivity index (χ3n) is 2.92. The number of carbonyl (C=O) groups is 1. The van der Waals surface area contributed by atoms with Gasteiger partial charge in [0.1, 0.15) is 11.5 Å². The number of methoxy groups -OCH3 is 1. The minimum Gasteiger partial charge on any atom is -0.495 e. The van der Waals surface area contributed by atoms with Crippen molar-refractivity contribution in [3.8, 4) is 11.5 Å². The van der Waals surface area contributed by atoms with Crippen LogP contribution >= 0.6 is 27.5 Å². The number of para-hydroxylation sites is 2. The van der Waals surface area contributed by atoms with Crippen LogP contribution in [-0.2, 0) is 4.79 Å². The molecule has 0 atom stereocenters. The molecule has 0 aliphatic rings. The molecule has 4 nitrogen and oxygen atoms in total. The molecule has 22 heavy (non-hydrogen) atoms. The molecule has 0 saturated heterocycles. The third-order valence-corrected chi connectivity index (χ3v) is 3.66. The van der Waals surface area contributed by atoms with Crippen molar-refractivity contribution in [2.75, 3.05) is 19.0 Å². The zero-order valence-corrected chi connectivity index (χ0v) is 14.5. The molecule has 0 fully saturated rings. The Morgan fingerprint density at radius 3 is 2.73 bits per heavy atom. The van der Waals surface area contributed by atoms with Crippen molar-refractivity contribution in [1.29, 1.82) is 0 Å². The van der Waals surface area contributed by atoms with Gasteiger partial charge in [-0.1, -0.05) is 39.7 Å². The number of benzene rings is 2. The fourth-order valence-corrected chi connectivity index (χ4v) is 2.97. The summed E-state index contributed by atoms with van der Waals surface area (Å²) in [5.41, 5.74) is 1.45. The van der Waals surface area contributed by atoms with Gasteiger partial charge in [-0.25, -0.2) is 0 Å². The van der Waals surface area contributed by atoms with Crippen LogP contribution in [-0.4, -0.2) is 19.6 Å². The lowest BCUT2D eigenvalue weighted by atomic mass is 10.2. The summed E-state index contributed by atoms with van der Waals surface area (Å²) >= 11 is 9.47. The molecule has 0 heterocycles. The van der Waals surface area contributed by atoms with Crippen molar-refractivity contribution in [2.24, 2.45) is 0 Å². The summed E-state index contributed by atoms with van der Waals surface area (Å²) in [6.45, 7) is 1.73. The van der Waals surface area contributed by atoms with Gasteiger partial charge in [-0.2, -0.15) is 0 Å². The largest absolute Gasteiger partial charge is 0.495 e. The van der Waals surface area contributed by atoms with Crippen molar-refractivity contribution in [1.82, 2.24) is 0 Å². The summed E-state index contributed by atoms with van der Waals surface area (Å²) in [5.74, 6) is 0.802. The normalized spacial score (nSPS) is 10.2. The van der Waals surface area contributed by atoms with Gasteiger partial charge in [-0.3, -0.25) is 4.79 Å². The third kappa shape index (κ3) is 4.15. The number of carbonyl (C=O) groups excluding carboxylic acids is 1. The first-order valence-corrected chi connectivity index (χ1v) is 7.69. The van der Waals surface area contributed by atoms with E-state index in [0.29, 0.717) is 22.2 Å². The zero-order valence-electron chi connectivity index (χ0n) is 12.2. The predicted molar refractivity (Wildman–Crippen MR) is 91.0 cm³/mol. The van der Waals surface area contributed by atoms with Gasteiger partial charge in [0.2, 0.25) is 0 Å². The number of hydrogen-bond acceptors (Lipinski definition) is 3. The summed E-state index contributed by atoms with van der Waals surface area (Å²) in [6, 6.07) is 10.8. The Kier molecular flexibility index (Phi) is 5.69. The molecule has 0 aliphatic heterocycles. The molecule has 116 valence electrons. The molecule has 0 unspecified atom stereocenters. The van der Waals surface area contributed by atoms with Crippen LogP contribution in [0.4, 0.5) is 5.69 Å². The highest BCUT2D eigenvalue weighted by Crippen LogP contribution is 2.32. The highest BCUT2D eigenvalue weighted by molar-refractivity contribution is 9.10. The van der Waals surface area contributed by atoms with E-state index in [0.717, 1.165) is 10.0 Å². The van der Waals surface area contributed by atoms with Crippen LogP contribution in [0.2, 0.25) is 5.02 Å². The number of aryl methyl sites for hydroxylation is 1. The van der Waals surface area contributed by atoms with Crippen LogP contribution < -0.4 is 14.8 Å². The molecule has 2 aromatic carbocycles. The van der Waals surface area contributed by atoms with Gasteiger partial charge in [0.25, 0.3) is 5.91 Å². The average molecular weight is 385 g/mol. The fourth-order valence-electron chi connectivity index (χ4n) is 1.94. The van der Waals surface area contributed by atoms with E-state index in [1.165, 1.54) is 0 Å². The van der Waals surface area contributed by atoms with Crippen molar-refractivity contribution in [3.63, 3.8) is 0 Å². The first-order chi connectivity index (χ1) is 10.5. The Morgan fingerprint density at radius 1 is 1.32 bits per heavy atom. The second-order valence-electron chi connectivity index (χ2n) is 4.57. The molecule has 0 bridgehead atoms. The van der Waals surface area contributed by atoms with Crippen LogP contribution in [0.3, 0.4) is 0 Å². The Labute approximate surface area is 142 Å². The van der Waals surface area contributed by atoms with Gasteiger partial charge in [0.15, 0.2) is 6.61 Å². The first kappa shape index (κ1) is 16.6. The van der Waals surface area contributed by atoms with Crippen LogP contribution in [0.25, 0.3) is 0 Å². The van der Waals surface area contributed by atoms with E-state index >= 15 is 0 Å². The lowest BCUT2D eigenvalue weighted by molar-refractivity contribution is -0.118. The van der Waals surface area contributed by atoms with Gasteiger partial charge >= 0.3 is 0 Å². The second-order valence-corrected chi connectivity index (χ2v) is 5.89. The smallest absolute Gasteiger partial charge is 0.262 e. The molecule has 2 aromatic rings. The number of rotatable bonds is 5. The lowest BCUT2D eigenvalue weighted by Gasteiger charge is -2.13. The molecule has 0 aromatic heterocycles. The maximum atomic E-state index is 12.0. The van der Waals surface area contributed by atoms with Crippen LogP contribution in [0.1, 0.15) is 5.56 Å². The molecule has 1 amide bonds. The predicted octanol–water partition coefficient (Wildman–Crippen LogP) is 4.44. The Balaban J connectivity index is 2.02. The summed E-state index contributed by atoms with van der Waals surface area (Å²) in [6.07, 6.45) is 0. The maximum absolute atomic E-state index is 12.0. The summed E-state index contributed by atoms with van der Waals surface area (Å²) in [5, 5.41) is 3.20. The number of ether oxygens (including phenoxy) is 2. The average Bonchev–Trinajstić information content (AvgIpc) is 2.46. The monoisotopic (exact) mass is 383 g/mol. The maximum Gasteiger partial charge on any atom is 0.262 e. The molecule has 0 saturated carbocycles. The van der Waals surface area contributed by atoms with E-state index in [4.69, 9.17) is 21.1 Å². The van der Waals surface area contributed by atoms with Crippen LogP contribution in [0.15, 0.2) is 40.9 Å². The summed E-state index contributed by atoms with van der Waals surface area (Å²) in [7, 11) is 1.55. The number of hydrogen-bond donors (Lipinski definition) is 1. The van der Waals surface area contributed by atoms with Gasteiger partial charge in [0.05, 0.1) is 17.8 Å². The standard InChI is InChI=1S/C16H15BrClNO3/c1-10-7-11(17)8-12(18)16(10)22-9-15(20)19-13-5-3-4-6-14(13)21-2/h3-8H,9H2,1-2H3,(H,19,20).